The molecule has 0 radical (unpaired) electrons. The van der Waals surface area contributed by atoms with Crippen LogP contribution in [0.3, 0.4) is 0 Å². The molecule has 1 aliphatic carbocycles. The molecule has 0 atom stereocenters. The summed E-state index contributed by atoms with van der Waals surface area (Å²) in [5.41, 5.74) is 0. The molecule has 4 heteroatoms. The zero-order valence-electron chi connectivity index (χ0n) is 8.11. The quantitative estimate of drug-likeness (QED) is 0.667. The van der Waals surface area contributed by atoms with Crippen LogP contribution in [0.2, 0.25) is 0 Å². The second-order valence-electron chi connectivity index (χ2n) is 3.22. The Kier molecular flexibility index (Phi) is 6.45. The van der Waals surface area contributed by atoms with Gasteiger partial charge in [-0.3, -0.25) is 4.79 Å². The first-order valence-corrected chi connectivity index (χ1v) is 4.66. The van der Waals surface area contributed by atoms with E-state index in [0.29, 0.717) is 0 Å². The predicted octanol–water partition coefficient (Wildman–Crippen LogP) is 1.91. The number of rotatable bonds is 2. The van der Waals surface area contributed by atoms with Crippen molar-refractivity contribution in [2.75, 3.05) is 0 Å². The lowest BCUT2D eigenvalue weighted by Crippen LogP contribution is -2.16. The highest BCUT2D eigenvalue weighted by atomic mass is 16.4. The summed E-state index contributed by atoms with van der Waals surface area (Å²) in [5.74, 6) is -1.61. The van der Waals surface area contributed by atoms with Crippen molar-refractivity contribution in [1.29, 1.82) is 0 Å². The number of carbonyl (C=O) groups is 2. The van der Waals surface area contributed by atoms with Gasteiger partial charge in [0.15, 0.2) is 0 Å². The molecule has 0 aromatic carbocycles. The molecule has 0 amide bonds. The Morgan fingerprint density at radius 2 is 1.57 bits per heavy atom. The third-order valence-corrected chi connectivity index (χ3v) is 2.13. The SMILES string of the molecule is C=CC(=O)O.O=C(O)C1CCCCC1. The maximum absolute atomic E-state index is 10.4. The van der Waals surface area contributed by atoms with Gasteiger partial charge in [0.2, 0.25) is 0 Å². The van der Waals surface area contributed by atoms with Crippen molar-refractivity contribution in [3.8, 4) is 0 Å². The third kappa shape index (κ3) is 6.22. The van der Waals surface area contributed by atoms with Crippen LogP contribution in [0.4, 0.5) is 0 Å². The highest BCUT2D eigenvalue weighted by molar-refractivity contribution is 5.78. The molecule has 0 unspecified atom stereocenters. The van der Waals surface area contributed by atoms with Crippen LogP contribution in [0.15, 0.2) is 12.7 Å². The molecule has 4 nitrogen and oxygen atoms in total. The highest BCUT2D eigenvalue weighted by Crippen LogP contribution is 2.23. The van der Waals surface area contributed by atoms with Crippen molar-refractivity contribution >= 4 is 11.9 Å². The van der Waals surface area contributed by atoms with Gasteiger partial charge in [0.25, 0.3) is 0 Å². The smallest absolute Gasteiger partial charge is 0.327 e. The normalized spacial score (nSPS) is 16.3. The topological polar surface area (TPSA) is 74.6 Å². The lowest BCUT2D eigenvalue weighted by atomic mass is 9.90. The zero-order chi connectivity index (χ0) is 11.0. The van der Waals surface area contributed by atoms with Crippen LogP contribution in [0, 0.1) is 5.92 Å². The van der Waals surface area contributed by atoms with Crippen LogP contribution in [0.5, 0.6) is 0 Å². The van der Waals surface area contributed by atoms with E-state index in [1.165, 1.54) is 6.42 Å². The van der Waals surface area contributed by atoms with E-state index in [2.05, 4.69) is 6.58 Å². The summed E-state index contributed by atoms with van der Waals surface area (Å²) < 4.78 is 0. The first-order chi connectivity index (χ1) is 6.57. The summed E-state index contributed by atoms with van der Waals surface area (Å²) in [5, 5.41) is 16.1. The summed E-state index contributed by atoms with van der Waals surface area (Å²) in [6.45, 7) is 2.96. The Balaban J connectivity index is 0.000000292. The second kappa shape index (κ2) is 7.12. The second-order valence-corrected chi connectivity index (χ2v) is 3.22. The van der Waals surface area contributed by atoms with E-state index in [1.807, 2.05) is 0 Å². The maximum atomic E-state index is 10.4. The van der Waals surface area contributed by atoms with Crippen molar-refractivity contribution in [3.63, 3.8) is 0 Å². The summed E-state index contributed by atoms with van der Waals surface area (Å²) in [7, 11) is 0. The Labute approximate surface area is 83.2 Å². The maximum Gasteiger partial charge on any atom is 0.327 e. The third-order valence-electron chi connectivity index (χ3n) is 2.13. The van der Waals surface area contributed by atoms with E-state index in [-0.39, 0.29) is 5.92 Å². The monoisotopic (exact) mass is 200 g/mol. The molecule has 2 N–H and O–H groups in total. The van der Waals surface area contributed by atoms with Crippen molar-refractivity contribution in [3.05, 3.63) is 12.7 Å². The number of carboxylic acids is 2. The van der Waals surface area contributed by atoms with Gasteiger partial charge in [0.1, 0.15) is 0 Å². The van der Waals surface area contributed by atoms with Gasteiger partial charge in [0, 0.05) is 6.08 Å². The average Bonchev–Trinajstić information content (AvgIpc) is 2.20. The lowest BCUT2D eigenvalue weighted by molar-refractivity contribution is -0.142. The molecule has 0 aromatic rings. The first-order valence-electron chi connectivity index (χ1n) is 4.66. The van der Waals surface area contributed by atoms with Crippen molar-refractivity contribution < 1.29 is 19.8 Å². The van der Waals surface area contributed by atoms with E-state index >= 15 is 0 Å². The van der Waals surface area contributed by atoms with E-state index in [1.54, 1.807) is 0 Å². The molecule has 0 spiro atoms. The van der Waals surface area contributed by atoms with Gasteiger partial charge in [0.05, 0.1) is 5.92 Å². The molecular formula is C10H16O4. The number of carboxylic acid groups (broad SMARTS) is 2. The van der Waals surface area contributed by atoms with Crippen LogP contribution < -0.4 is 0 Å². The van der Waals surface area contributed by atoms with Gasteiger partial charge >= 0.3 is 11.9 Å². The van der Waals surface area contributed by atoms with Gasteiger partial charge < -0.3 is 10.2 Å². The summed E-state index contributed by atoms with van der Waals surface area (Å²) in [6, 6.07) is 0. The van der Waals surface area contributed by atoms with E-state index in [9.17, 15) is 9.59 Å². The Morgan fingerprint density at radius 3 is 1.79 bits per heavy atom. The molecule has 1 aliphatic rings. The van der Waals surface area contributed by atoms with Crippen LogP contribution in [-0.4, -0.2) is 22.2 Å². The summed E-state index contributed by atoms with van der Waals surface area (Å²) >= 11 is 0. The fourth-order valence-corrected chi connectivity index (χ4v) is 1.35. The molecule has 0 aromatic heterocycles. The predicted molar refractivity (Wildman–Crippen MR) is 52.0 cm³/mol. The van der Waals surface area contributed by atoms with Crippen LogP contribution in [-0.2, 0) is 9.59 Å². The van der Waals surface area contributed by atoms with Crippen molar-refractivity contribution in [2.45, 2.75) is 32.1 Å². The summed E-state index contributed by atoms with van der Waals surface area (Å²) in [4.78, 5) is 19.6. The number of hydrogen-bond acceptors (Lipinski definition) is 2. The average molecular weight is 200 g/mol. The van der Waals surface area contributed by atoms with Crippen LogP contribution in [0.1, 0.15) is 32.1 Å². The van der Waals surface area contributed by atoms with Crippen molar-refractivity contribution in [1.82, 2.24) is 0 Å². The fraction of sp³-hybridized carbons (Fsp3) is 0.600. The zero-order valence-corrected chi connectivity index (χ0v) is 8.11. The first kappa shape index (κ1) is 12.7. The number of aliphatic carboxylic acids is 2. The standard InChI is InChI=1S/C7H12O2.C3H4O2/c8-7(9)6-4-2-1-3-5-6;1-2-3(4)5/h6H,1-5H2,(H,8,9);2H,1H2,(H,4,5). The number of hydrogen-bond donors (Lipinski definition) is 2. The van der Waals surface area contributed by atoms with Crippen LogP contribution >= 0.6 is 0 Å². The highest BCUT2D eigenvalue weighted by Gasteiger charge is 2.19. The van der Waals surface area contributed by atoms with Gasteiger partial charge in [-0.1, -0.05) is 25.8 Å². The Bertz CT molecular complexity index is 204. The van der Waals surface area contributed by atoms with Crippen molar-refractivity contribution in [2.24, 2.45) is 5.92 Å². The Morgan fingerprint density at radius 1 is 1.14 bits per heavy atom. The Hall–Kier alpha value is -1.32. The molecular weight excluding hydrogens is 184 g/mol. The molecule has 0 heterocycles. The minimum absolute atomic E-state index is 0.0289. The minimum atomic E-state index is -0.981. The molecule has 0 aliphatic heterocycles. The minimum Gasteiger partial charge on any atom is -0.481 e. The van der Waals surface area contributed by atoms with Gasteiger partial charge in [-0.25, -0.2) is 4.79 Å². The van der Waals surface area contributed by atoms with Crippen LogP contribution in [0.25, 0.3) is 0 Å². The molecule has 0 bridgehead atoms. The van der Waals surface area contributed by atoms with Gasteiger partial charge in [-0.05, 0) is 12.8 Å². The fourth-order valence-electron chi connectivity index (χ4n) is 1.35. The largest absolute Gasteiger partial charge is 0.481 e. The molecule has 14 heavy (non-hydrogen) atoms. The van der Waals surface area contributed by atoms with Gasteiger partial charge in [-0.2, -0.15) is 0 Å². The lowest BCUT2D eigenvalue weighted by Gasteiger charge is -2.16. The summed E-state index contributed by atoms with van der Waals surface area (Å²) in [6.07, 6.45) is 6.07. The molecule has 1 rings (SSSR count). The molecule has 0 saturated heterocycles. The molecule has 1 fully saturated rings. The van der Waals surface area contributed by atoms with E-state index < -0.39 is 11.9 Å². The molecule has 80 valence electrons. The van der Waals surface area contributed by atoms with E-state index in [0.717, 1.165) is 31.8 Å². The van der Waals surface area contributed by atoms with Gasteiger partial charge in [-0.15, -0.1) is 0 Å². The van der Waals surface area contributed by atoms with E-state index in [4.69, 9.17) is 10.2 Å². The molecule has 1 saturated carbocycles.